The van der Waals surface area contributed by atoms with E-state index in [2.05, 4.69) is 26.6 Å². The van der Waals surface area contributed by atoms with Crippen molar-refractivity contribution in [1.29, 1.82) is 0 Å². The molecule has 1 unspecified atom stereocenters. The van der Waals surface area contributed by atoms with Crippen molar-refractivity contribution < 1.29 is 4.79 Å². The second kappa shape index (κ2) is 7.67. The van der Waals surface area contributed by atoms with Gasteiger partial charge in [-0.05, 0) is 41.4 Å². The highest BCUT2D eigenvalue weighted by Crippen LogP contribution is 2.05. The molecule has 2 heterocycles. The number of carbonyl (C=O) groups is 1. The molecule has 2 rings (SSSR count). The van der Waals surface area contributed by atoms with Crippen LogP contribution in [0.15, 0.2) is 27.6 Å². The second-order valence-electron chi connectivity index (χ2n) is 4.41. The summed E-state index contributed by atoms with van der Waals surface area (Å²) in [7, 11) is 0. The molecule has 1 amide bonds. The minimum Gasteiger partial charge on any atom is -0.353 e. The summed E-state index contributed by atoms with van der Waals surface area (Å²) in [5, 5.41) is 6.15. The number of nitrogens with one attached hydrogen (secondary N) is 2. The van der Waals surface area contributed by atoms with Crippen LogP contribution in [0.1, 0.15) is 12.8 Å². The Balaban J connectivity index is 0.00000180. The van der Waals surface area contributed by atoms with E-state index in [9.17, 15) is 9.59 Å². The lowest BCUT2D eigenvalue weighted by Crippen LogP contribution is -2.39. The van der Waals surface area contributed by atoms with Gasteiger partial charge in [-0.15, -0.1) is 12.4 Å². The Morgan fingerprint density at radius 3 is 3.00 bits per heavy atom. The van der Waals surface area contributed by atoms with Gasteiger partial charge in [-0.25, -0.2) is 0 Å². The van der Waals surface area contributed by atoms with E-state index in [0.29, 0.717) is 12.6 Å². The quantitative estimate of drug-likeness (QED) is 0.848. The van der Waals surface area contributed by atoms with Crippen molar-refractivity contribution in [2.45, 2.75) is 25.4 Å². The highest BCUT2D eigenvalue weighted by molar-refractivity contribution is 9.10. The van der Waals surface area contributed by atoms with Crippen LogP contribution in [-0.2, 0) is 11.3 Å². The largest absolute Gasteiger partial charge is 0.353 e. The minimum absolute atomic E-state index is 0. The maximum Gasteiger partial charge on any atom is 0.251 e. The zero-order chi connectivity index (χ0) is 13.0. The van der Waals surface area contributed by atoms with Gasteiger partial charge in [0, 0.05) is 29.3 Å². The van der Waals surface area contributed by atoms with Gasteiger partial charge in [0.15, 0.2) is 0 Å². The van der Waals surface area contributed by atoms with Gasteiger partial charge in [0.05, 0.1) is 0 Å². The summed E-state index contributed by atoms with van der Waals surface area (Å²) in [5.41, 5.74) is -0.174. The molecule has 1 aromatic heterocycles. The van der Waals surface area contributed by atoms with Crippen LogP contribution in [0.2, 0.25) is 0 Å². The zero-order valence-corrected chi connectivity index (χ0v) is 12.8. The van der Waals surface area contributed by atoms with E-state index >= 15 is 0 Å². The van der Waals surface area contributed by atoms with E-state index in [0.717, 1.165) is 23.9 Å². The van der Waals surface area contributed by atoms with E-state index in [1.54, 1.807) is 12.3 Å². The molecule has 1 aliphatic heterocycles. The third kappa shape index (κ3) is 4.97. The Morgan fingerprint density at radius 1 is 1.53 bits per heavy atom. The molecule has 1 saturated heterocycles. The molecule has 1 aliphatic rings. The van der Waals surface area contributed by atoms with E-state index in [4.69, 9.17) is 0 Å². The number of aromatic nitrogens is 1. The Kier molecular flexibility index (Phi) is 6.54. The highest BCUT2D eigenvalue weighted by atomic mass is 79.9. The molecule has 19 heavy (non-hydrogen) atoms. The lowest BCUT2D eigenvalue weighted by atomic mass is 10.2. The van der Waals surface area contributed by atoms with Gasteiger partial charge in [0.1, 0.15) is 6.54 Å². The van der Waals surface area contributed by atoms with Crippen molar-refractivity contribution in [3.63, 3.8) is 0 Å². The first-order valence-electron chi connectivity index (χ1n) is 6.01. The van der Waals surface area contributed by atoms with Crippen molar-refractivity contribution >= 4 is 34.2 Å². The summed E-state index contributed by atoms with van der Waals surface area (Å²) in [6, 6.07) is 3.47. The molecular formula is C12H17BrClN3O2. The van der Waals surface area contributed by atoms with Crippen molar-refractivity contribution in [3.05, 3.63) is 33.2 Å². The van der Waals surface area contributed by atoms with Gasteiger partial charge in [0.25, 0.3) is 5.56 Å². The molecule has 106 valence electrons. The summed E-state index contributed by atoms with van der Waals surface area (Å²) >= 11 is 3.28. The monoisotopic (exact) mass is 349 g/mol. The smallest absolute Gasteiger partial charge is 0.251 e. The van der Waals surface area contributed by atoms with Crippen molar-refractivity contribution in [2.75, 3.05) is 13.1 Å². The van der Waals surface area contributed by atoms with E-state index in [1.165, 1.54) is 10.6 Å². The van der Waals surface area contributed by atoms with Crippen LogP contribution >= 0.6 is 28.3 Å². The van der Waals surface area contributed by atoms with Crippen LogP contribution in [0, 0.1) is 0 Å². The fraction of sp³-hybridized carbons (Fsp3) is 0.500. The van der Waals surface area contributed by atoms with Crippen molar-refractivity contribution in [3.8, 4) is 0 Å². The summed E-state index contributed by atoms with van der Waals surface area (Å²) in [5.74, 6) is -0.135. The third-order valence-electron chi connectivity index (χ3n) is 2.97. The number of rotatable bonds is 4. The molecule has 0 radical (unpaired) electrons. The predicted octanol–water partition coefficient (Wildman–Crippen LogP) is 0.901. The molecular weight excluding hydrogens is 334 g/mol. The van der Waals surface area contributed by atoms with E-state index in [-0.39, 0.29) is 30.4 Å². The third-order valence-corrected chi connectivity index (χ3v) is 3.44. The van der Waals surface area contributed by atoms with E-state index < -0.39 is 0 Å². The second-order valence-corrected chi connectivity index (χ2v) is 5.33. The van der Waals surface area contributed by atoms with Gasteiger partial charge in [-0.1, -0.05) is 0 Å². The van der Waals surface area contributed by atoms with Crippen LogP contribution in [0.4, 0.5) is 0 Å². The van der Waals surface area contributed by atoms with Crippen LogP contribution in [0.25, 0.3) is 0 Å². The van der Waals surface area contributed by atoms with Crippen LogP contribution < -0.4 is 16.2 Å². The van der Waals surface area contributed by atoms with Crippen molar-refractivity contribution in [2.24, 2.45) is 0 Å². The maximum atomic E-state index is 11.7. The standard InChI is InChI=1S/C12H16BrN3O2.ClH/c13-9-3-4-12(18)16(7-9)8-11(17)15-6-10-2-1-5-14-10;/h3-4,7,10,14H,1-2,5-6,8H2,(H,15,17);1H. The lowest BCUT2D eigenvalue weighted by molar-refractivity contribution is -0.121. The molecule has 0 saturated carbocycles. The summed E-state index contributed by atoms with van der Waals surface area (Å²) in [6.07, 6.45) is 3.87. The van der Waals surface area contributed by atoms with Crippen LogP contribution in [-0.4, -0.2) is 29.6 Å². The zero-order valence-electron chi connectivity index (χ0n) is 10.4. The fourth-order valence-electron chi connectivity index (χ4n) is 2.00. The Labute approximate surface area is 126 Å². The number of carbonyl (C=O) groups excluding carboxylic acids is 1. The Bertz CT molecular complexity index is 486. The SMILES string of the molecule is Cl.O=C(Cn1cc(Br)ccc1=O)NCC1CCCN1. The number of pyridine rings is 1. The van der Waals surface area contributed by atoms with Gasteiger partial charge in [-0.2, -0.15) is 0 Å². The molecule has 2 N–H and O–H groups in total. The molecule has 1 fully saturated rings. The summed E-state index contributed by atoms with van der Waals surface area (Å²) in [4.78, 5) is 23.2. The number of amides is 1. The first-order chi connectivity index (χ1) is 8.65. The van der Waals surface area contributed by atoms with Crippen LogP contribution in [0.5, 0.6) is 0 Å². The lowest BCUT2D eigenvalue weighted by Gasteiger charge is -2.12. The van der Waals surface area contributed by atoms with Gasteiger partial charge >= 0.3 is 0 Å². The predicted molar refractivity (Wildman–Crippen MR) is 79.7 cm³/mol. The summed E-state index contributed by atoms with van der Waals surface area (Å²) < 4.78 is 2.17. The molecule has 5 nitrogen and oxygen atoms in total. The minimum atomic E-state index is -0.174. The average Bonchev–Trinajstić information content (AvgIpc) is 2.84. The van der Waals surface area contributed by atoms with Crippen molar-refractivity contribution in [1.82, 2.24) is 15.2 Å². The molecule has 7 heteroatoms. The van der Waals surface area contributed by atoms with E-state index in [1.807, 2.05) is 0 Å². The van der Waals surface area contributed by atoms with Crippen LogP contribution in [0.3, 0.4) is 0 Å². The first kappa shape index (κ1) is 16.2. The molecule has 1 aromatic rings. The molecule has 0 bridgehead atoms. The number of halogens is 2. The van der Waals surface area contributed by atoms with Gasteiger partial charge in [0.2, 0.25) is 5.91 Å². The van der Waals surface area contributed by atoms with Gasteiger partial charge < -0.3 is 15.2 Å². The highest BCUT2D eigenvalue weighted by Gasteiger charge is 2.14. The number of nitrogens with zero attached hydrogens (tertiary/aromatic N) is 1. The molecule has 0 spiro atoms. The Hall–Kier alpha value is -0.850. The normalized spacial score (nSPS) is 17.8. The number of hydrogen-bond acceptors (Lipinski definition) is 3. The summed E-state index contributed by atoms with van der Waals surface area (Å²) in [6.45, 7) is 1.71. The average molecular weight is 351 g/mol. The maximum absolute atomic E-state index is 11.7. The molecule has 1 atom stereocenters. The fourth-order valence-corrected chi connectivity index (χ4v) is 2.38. The molecule has 0 aromatic carbocycles. The topological polar surface area (TPSA) is 63.1 Å². The Morgan fingerprint density at radius 2 is 2.32 bits per heavy atom. The molecule has 0 aliphatic carbocycles. The first-order valence-corrected chi connectivity index (χ1v) is 6.80. The number of hydrogen-bond donors (Lipinski definition) is 2. The van der Waals surface area contributed by atoms with Gasteiger partial charge in [-0.3, -0.25) is 9.59 Å².